The Balaban J connectivity index is 1.15. The molecule has 0 bridgehead atoms. The van der Waals surface area contributed by atoms with Crippen molar-refractivity contribution < 1.29 is 4.42 Å². The third-order valence-corrected chi connectivity index (χ3v) is 10.6. The summed E-state index contributed by atoms with van der Waals surface area (Å²) in [7, 11) is 0. The summed E-state index contributed by atoms with van der Waals surface area (Å²) in [5.74, 6) is 0.304. The number of benzene rings is 6. The van der Waals surface area contributed by atoms with Gasteiger partial charge in [0.25, 0.3) is 0 Å². The van der Waals surface area contributed by atoms with Gasteiger partial charge in [-0.05, 0) is 97.3 Å². The molecule has 1 atom stereocenters. The van der Waals surface area contributed by atoms with Gasteiger partial charge in [0.15, 0.2) is 0 Å². The number of allylic oxidation sites excluding steroid dienone is 4. The monoisotopic (exact) mass is 673 g/mol. The van der Waals surface area contributed by atoms with Crippen LogP contribution >= 0.6 is 0 Å². The lowest BCUT2D eigenvalue weighted by Gasteiger charge is -2.20. The smallest absolute Gasteiger partial charge is 0.135 e. The summed E-state index contributed by atoms with van der Waals surface area (Å²) in [4.78, 5) is 9.67. The average molecular weight is 674 g/mol. The maximum Gasteiger partial charge on any atom is 0.135 e. The topological polar surface area (TPSA) is 42.8 Å². The lowest BCUT2D eigenvalue weighted by Crippen LogP contribution is -2.13. The summed E-state index contributed by atoms with van der Waals surface area (Å²) >= 11 is 0. The Morgan fingerprint density at radius 2 is 1.50 bits per heavy atom. The van der Waals surface area contributed by atoms with Crippen LogP contribution in [0.2, 0.25) is 0 Å². The minimum atomic E-state index is 0.304. The minimum Gasteiger partial charge on any atom is -0.456 e. The highest BCUT2D eigenvalue weighted by atomic mass is 16.3. The van der Waals surface area contributed by atoms with Gasteiger partial charge in [-0.1, -0.05) is 104 Å². The van der Waals surface area contributed by atoms with Crippen molar-refractivity contribution in [2.45, 2.75) is 33.7 Å². The molecular weight excluding hydrogens is 635 g/mol. The molecule has 0 saturated heterocycles. The Kier molecular flexibility index (Phi) is 7.81. The molecule has 4 heteroatoms. The fraction of sp³-hybridized carbons (Fsp3) is 0.125. The standard InChI is InChI=1S/C48H39N3O/c1-30-21-26-42-46(45(30)39-28-40-36-16-9-11-20-43(36)52-44(40)27-32(39)3)37-17-8-10-19-41(37)51(42)35-24-22-33(23-25-35)29-50-48(34-14-6-5-7-15-34)38-18-12-13-31(2)47(38)49-4/h5-12,14-28,31H,4,13,29H2,1-3H3. The van der Waals surface area contributed by atoms with Crippen molar-refractivity contribution in [1.82, 2.24) is 4.57 Å². The molecule has 0 fully saturated rings. The van der Waals surface area contributed by atoms with Crippen molar-refractivity contribution in [2.24, 2.45) is 15.9 Å². The molecule has 1 unspecified atom stereocenters. The van der Waals surface area contributed by atoms with Crippen molar-refractivity contribution in [2.75, 3.05) is 0 Å². The molecule has 1 aliphatic carbocycles. The first-order valence-corrected chi connectivity index (χ1v) is 18.0. The predicted octanol–water partition coefficient (Wildman–Crippen LogP) is 12.5. The first-order valence-electron chi connectivity index (χ1n) is 18.0. The Labute approximate surface area is 303 Å². The van der Waals surface area contributed by atoms with Crippen LogP contribution in [0.3, 0.4) is 0 Å². The molecule has 0 amide bonds. The molecule has 6 aromatic carbocycles. The third kappa shape index (κ3) is 5.22. The van der Waals surface area contributed by atoms with Gasteiger partial charge in [0, 0.05) is 44.3 Å². The van der Waals surface area contributed by atoms with E-state index in [-0.39, 0.29) is 0 Å². The maximum absolute atomic E-state index is 6.26. The van der Waals surface area contributed by atoms with Crippen LogP contribution in [0.4, 0.5) is 0 Å². The number of fused-ring (bicyclic) bond motifs is 6. The number of hydrogen-bond acceptors (Lipinski definition) is 3. The van der Waals surface area contributed by atoms with E-state index in [4.69, 9.17) is 9.41 Å². The average Bonchev–Trinajstić information content (AvgIpc) is 3.70. The summed E-state index contributed by atoms with van der Waals surface area (Å²) < 4.78 is 8.66. The molecule has 1 aliphatic rings. The van der Waals surface area contributed by atoms with Gasteiger partial charge in [0.1, 0.15) is 11.2 Å². The van der Waals surface area contributed by atoms with Crippen LogP contribution in [0.5, 0.6) is 0 Å². The summed E-state index contributed by atoms with van der Waals surface area (Å²) in [5.41, 5.74) is 15.5. The van der Waals surface area contributed by atoms with Crippen molar-refractivity contribution in [3.05, 3.63) is 173 Å². The zero-order valence-corrected chi connectivity index (χ0v) is 29.7. The van der Waals surface area contributed by atoms with Crippen molar-refractivity contribution in [1.29, 1.82) is 0 Å². The van der Waals surface area contributed by atoms with Gasteiger partial charge in [-0.3, -0.25) is 9.98 Å². The number of hydrogen-bond donors (Lipinski definition) is 0. The Bertz CT molecular complexity index is 2770. The molecule has 0 spiro atoms. The van der Waals surface area contributed by atoms with E-state index in [9.17, 15) is 0 Å². The molecule has 8 aromatic rings. The number of aryl methyl sites for hydroxylation is 2. The van der Waals surface area contributed by atoms with Crippen LogP contribution in [0.25, 0.3) is 60.6 Å². The van der Waals surface area contributed by atoms with Gasteiger partial charge < -0.3 is 8.98 Å². The molecule has 0 aliphatic heterocycles. The van der Waals surface area contributed by atoms with Gasteiger partial charge in [-0.15, -0.1) is 0 Å². The molecule has 0 radical (unpaired) electrons. The first kappa shape index (κ1) is 31.7. The summed E-state index contributed by atoms with van der Waals surface area (Å²) in [5, 5.41) is 4.79. The maximum atomic E-state index is 6.26. The van der Waals surface area contributed by atoms with Crippen LogP contribution in [0.15, 0.2) is 165 Å². The largest absolute Gasteiger partial charge is 0.456 e. The van der Waals surface area contributed by atoms with Gasteiger partial charge in [-0.25, -0.2) is 0 Å². The molecular formula is C48H39N3O. The Morgan fingerprint density at radius 1 is 0.750 bits per heavy atom. The van der Waals surface area contributed by atoms with Crippen molar-refractivity contribution in [3.8, 4) is 16.8 Å². The van der Waals surface area contributed by atoms with E-state index >= 15 is 0 Å². The number of furan rings is 1. The summed E-state index contributed by atoms with van der Waals surface area (Å²) in [6.07, 6.45) is 5.34. The fourth-order valence-electron chi connectivity index (χ4n) is 8.07. The highest BCUT2D eigenvalue weighted by Crippen LogP contribution is 2.43. The van der Waals surface area contributed by atoms with E-state index in [0.717, 1.165) is 62.2 Å². The number of nitrogens with zero attached hydrogens (tertiary/aromatic N) is 3. The Morgan fingerprint density at radius 3 is 2.31 bits per heavy atom. The second kappa shape index (κ2) is 12.8. The van der Waals surface area contributed by atoms with E-state index in [1.54, 1.807) is 0 Å². The van der Waals surface area contributed by atoms with Gasteiger partial charge >= 0.3 is 0 Å². The Hall–Kier alpha value is -6.26. The highest BCUT2D eigenvalue weighted by Gasteiger charge is 2.22. The van der Waals surface area contributed by atoms with Crippen LogP contribution in [-0.2, 0) is 6.54 Å². The SMILES string of the molecule is C=NC1=C(C(=NCc2ccc(-n3c4ccccc4c4c(-c5cc6c(cc5C)oc5ccccc56)c(C)ccc43)cc2)c2ccccc2)C=CCC1C. The fourth-order valence-corrected chi connectivity index (χ4v) is 8.07. The zero-order valence-electron chi connectivity index (χ0n) is 29.7. The van der Waals surface area contributed by atoms with E-state index in [2.05, 4.69) is 158 Å². The van der Waals surface area contributed by atoms with Crippen LogP contribution in [-0.4, -0.2) is 17.0 Å². The summed E-state index contributed by atoms with van der Waals surface area (Å²) in [6, 6.07) is 45.4. The van der Waals surface area contributed by atoms with E-state index in [0.29, 0.717) is 12.5 Å². The summed E-state index contributed by atoms with van der Waals surface area (Å²) in [6.45, 7) is 11.1. The van der Waals surface area contributed by atoms with Crippen LogP contribution in [0.1, 0.15) is 35.6 Å². The van der Waals surface area contributed by atoms with Crippen molar-refractivity contribution >= 4 is 56.2 Å². The lowest BCUT2D eigenvalue weighted by molar-refractivity contribution is 0.668. The molecule has 0 saturated carbocycles. The molecule has 2 aromatic heterocycles. The highest BCUT2D eigenvalue weighted by molar-refractivity contribution is 6.18. The first-order chi connectivity index (χ1) is 25.5. The second-order valence-corrected chi connectivity index (χ2v) is 14.0. The number of para-hydroxylation sites is 2. The van der Waals surface area contributed by atoms with Gasteiger partial charge in [-0.2, -0.15) is 0 Å². The zero-order chi connectivity index (χ0) is 35.3. The predicted molar refractivity (Wildman–Crippen MR) is 219 cm³/mol. The molecule has 52 heavy (non-hydrogen) atoms. The molecule has 0 N–H and O–H groups in total. The number of rotatable bonds is 7. The number of aromatic nitrogens is 1. The number of aliphatic imine (C=N–C) groups is 2. The molecule has 9 rings (SSSR count). The molecule has 2 heterocycles. The van der Waals surface area contributed by atoms with Gasteiger partial charge in [0.2, 0.25) is 0 Å². The lowest BCUT2D eigenvalue weighted by atomic mass is 9.89. The van der Waals surface area contributed by atoms with Crippen LogP contribution in [0, 0.1) is 19.8 Å². The van der Waals surface area contributed by atoms with E-state index in [1.165, 1.54) is 44.1 Å². The quantitative estimate of drug-likeness (QED) is 0.155. The van der Waals surface area contributed by atoms with Crippen molar-refractivity contribution in [3.63, 3.8) is 0 Å². The van der Waals surface area contributed by atoms with E-state index < -0.39 is 0 Å². The normalized spacial score (nSPS) is 15.1. The van der Waals surface area contributed by atoms with Crippen LogP contribution < -0.4 is 0 Å². The molecule has 252 valence electrons. The van der Waals surface area contributed by atoms with E-state index in [1.807, 2.05) is 18.2 Å². The molecule has 4 nitrogen and oxygen atoms in total. The minimum absolute atomic E-state index is 0.304. The third-order valence-electron chi connectivity index (χ3n) is 10.6. The van der Waals surface area contributed by atoms with Gasteiger partial charge in [0.05, 0.1) is 29.0 Å². The second-order valence-electron chi connectivity index (χ2n) is 14.0.